The van der Waals surface area contributed by atoms with Gasteiger partial charge in [-0.15, -0.1) is 0 Å². The van der Waals surface area contributed by atoms with Gasteiger partial charge >= 0.3 is 0 Å². The van der Waals surface area contributed by atoms with Gasteiger partial charge in [0.25, 0.3) is 5.91 Å². The first kappa shape index (κ1) is 15.8. The molecule has 0 spiro atoms. The molecule has 2 aromatic carbocycles. The smallest absolute Gasteiger partial charge is 0.283 e. The van der Waals surface area contributed by atoms with Crippen molar-refractivity contribution >= 4 is 52.0 Å². The predicted octanol–water partition coefficient (Wildman–Crippen LogP) is 4.05. The highest BCUT2D eigenvalue weighted by Crippen LogP contribution is 2.22. The molecule has 0 aliphatic rings. The van der Waals surface area contributed by atoms with E-state index in [2.05, 4.69) is 10.6 Å². The minimum Gasteiger partial charge on any atom is -0.368 e. The van der Waals surface area contributed by atoms with Crippen LogP contribution in [0.2, 0.25) is 10.0 Å². The topological polar surface area (TPSA) is 41.1 Å². The minimum absolute atomic E-state index is 0.106. The summed E-state index contributed by atoms with van der Waals surface area (Å²) in [7, 11) is 0. The van der Waals surface area contributed by atoms with Gasteiger partial charge in [0.05, 0.1) is 0 Å². The summed E-state index contributed by atoms with van der Waals surface area (Å²) < 4.78 is 0. The van der Waals surface area contributed by atoms with Crippen LogP contribution in [0.5, 0.6) is 0 Å². The van der Waals surface area contributed by atoms with E-state index in [1.807, 2.05) is 30.3 Å². The normalized spacial score (nSPS) is 10.0. The van der Waals surface area contributed by atoms with Crippen molar-refractivity contribution < 1.29 is 4.79 Å². The number of halogens is 2. The van der Waals surface area contributed by atoms with E-state index in [0.29, 0.717) is 22.3 Å². The SMILES string of the molecule is O=C(Nc1cc(Cl)cc(Cl)c1)C(=S)NCc1ccccc1. The molecule has 0 saturated carbocycles. The molecule has 21 heavy (non-hydrogen) atoms. The Morgan fingerprint density at radius 2 is 1.67 bits per heavy atom. The van der Waals surface area contributed by atoms with E-state index in [1.165, 1.54) is 0 Å². The van der Waals surface area contributed by atoms with Crippen molar-refractivity contribution in [2.45, 2.75) is 6.54 Å². The Morgan fingerprint density at radius 1 is 1.05 bits per heavy atom. The highest BCUT2D eigenvalue weighted by atomic mass is 35.5. The molecule has 0 radical (unpaired) electrons. The second-order valence-corrected chi connectivity index (χ2v) is 5.56. The number of benzene rings is 2. The van der Waals surface area contributed by atoms with E-state index in [1.54, 1.807) is 18.2 Å². The average molecular weight is 339 g/mol. The zero-order valence-corrected chi connectivity index (χ0v) is 13.2. The van der Waals surface area contributed by atoms with E-state index in [-0.39, 0.29) is 4.99 Å². The molecular weight excluding hydrogens is 327 g/mol. The van der Waals surface area contributed by atoms with Crippen molar-refractivity contribution in [2.75, 3.05) is 5.32 Å². The van der Waals surface area contributed by atoms with Gasteiger partial charge in [-0.2, -0.15) is 0 Å². The molecule has 3 nitrogen and oxygen atoms in total. The zero-order valence-electron chi connectivity index (χ0n) is 10.9. The van der Waals surface area contributed by atoms with Gasteiger partial charge in [-0.05, 0) is 23.8 Å². The summed E-state index contributed by atoms with van der Waals surface area (Å²) in [5.74, 6) is -0.403. The molecule has 6 heteroatoms. The van der Waals surface area contributed by atoms with Gasteiger partial charge in [-0.25, -0.2) is 0 Å². The van der Waals surface area contributed by atoms with Crippen LogP contribution in [0.15, 0.2) is 48.5 Å². The van der Waals surface area contributed by atoms with Crippen LogP contribution >= 0.6 is 35.4 Å². The maximum atomic E-state index is 12.0. The van der Waals surface area contributed by atoms with E-state index in [9.17, 15) is 4.79 Å². The number of amides is 1. The molecule has 108 valence electrons. The molecule has 2 N–H and O–H groups in total. The van der Waals surface area contributed by atoms with Crippen LogP contribution in [0.4, 0.5) is 5.69 Å². The summed E-state index contributed by atoms with van der Waals surface area (Å²) >= 11 is 16.8. The summed E-state index contributed by atoms with van der Waals surface area (Å²) in [6.07, 6.45) is 0. The molecule has 0 saturated heterocycles. The number of hydrogen-bond acceptors (Lipinski definition) is 2. The summed E-state index contributed by atoms with van der Waals surface area (Å²) in [5, 5.41) is 6.44. The fourth-order valence-electron chi connectivity index (χ4n) is 1.67. The lowest BCUT2D eigenvalue weighted by molar-refractivity contribution is -0.110. The third kappa shape index (κ3) is 5.01. The quantitative estimate of drug-likeness (QED) is 0.829. The number of carbonyl (C=O) groups is 1. The number of carbonyl (C=O) groups excluding carboxylic acids is 1. The summed E-state index contributed by atoms with van der Waals surface area (Å²) in [4.78, 5) is 12.1. The Kier molecular flexibility index (Phi) is 5.56. The Labute approximate surface area is 138 Å². The molecular formula is C15H12Cl2N2OS. The van der Waals surface area contributed by atoms with E-state index >= 15 is 0 Å². The summed E-state index contributed by atoms with van der Waals surface area (Å²) in [5.41, 5.74) is 1.54. The van der Waals surface area contributed by atoms with Crippen LogP contribution in [0.3, 0.4) is 0 Å². The van der Waals surface area contributed by atoms with E-state index in [0.717, 1.165) is 5.56 Å². The third-order valence-corrected chi connectivity index (χ3v) is 3.39. The molecule has 0 bridgehead atoms. The zero-order chi connectivity index (χ0) is 15.2. The molecule has 0 unspecified atom stereocenters. The molecule has 2 aromatic rings. The highest BCUT2D eigenvalue weighted by molar-refractivity contribution is 7.82. The maximum Gasteiger partial charge on any atom is 0.283 e. The fraction of sp³-hybridized carbons (Fsp3) is 0.0667. The highest BCUT2D eigenvalue weighted by Gasteiger charge is 2.10. The van der Waals surface area contributed by atoms with Crippen LogP contribution in [0, 0.1) is 0 Å². The van der Waals surface area contributed by atoms with Crippen molar-refractivity contribution in [3.8, 4) is 0 Å². The first-order valence-electron chi connectivity index (χ1n) is 6.14. The molecule has 2 rings (SSSR count). The van der Waals surface area contributed by atoms with Gasteiger partial charge < -0.3 is 10.6 Å². The average Bonchev–Trinajstić information content (AvgIpc) is 2.44. The molecule has 1 amide bonds. The van der Waals surface area contributed by atoms with Crippen molar-refractivity contribution in [2.24, 2.45) is 0 Å². The molecule has 0 aliphatic carbocycles. The van der Waals surface area contributed by atoms with Crippen LogP contribution in [-0.4, -0.2) is 10.9 Å². The van der Waals surface area contributed by atoms with E-state index in [4.69, 9.17) is 35.4 Å². The molecule has 0 aromatic heterocycles. The van der Waals surface area contributed by atoms with Crippen molar-refractivity contribution in [1.82, 2.24) is 5.32 Å². The van der Waals surface area contributed by atoms with E-state index < -0.39 is 5.91 Å². The monoisotopic (exact) mass is 338 g/mol. The predicted molar refractivity (Wildman–Crippen MR) is 91.0 cm³/mol. The van der Waals surface area contributed by atoms with Gasteiger partial charge in [-0.1, -0.05) is 65.8 Å². The molecule has 0 atom stereocenters. The second kappa shape index (κ2) is 7.41. The van der Waals surface area contributed by atoms with Crippen LogP contribution < -0.4 is 10.6 Å². The molecule has 0 heterocycles. The third-order valence-electron chi connectivity index (χ3n) is 2.62. The fourth-order valence-corrected chi connectivity index (χ4v) is 2.32. The standard InChI is InChI=1S/C15H12Cl2N2OS/c16-11-6-12(17)8-13(7-11)19-14(20)15(21)18-9-10-4-2-1-3-5-10/h1-8H,9H2,(H,18,21)(H,19,20). The first-order valence-corrected chi connectivity index (χ1v) is 7.30. The Morgan fingerprint density at radius 3 is 2.29 bits per heavy atom. The summed E-state index contributed by atoms with van der Waals surface area (Å²) in [6, 6.07) is 14.5. The second-order valence-electron chi connectivity index (χ2n) is 4.28. The van der Waals surface area contributed by atoms with Gasteiger partial charge in [0.2, 0.25) is 0 Å². The van der Waals surface area contributed by atoms with Crippen LogP contribution in [-0.2, 0) is 11.3 Å². The molecule has 0 aliphatic heterocycles. The Hall–Kier alpha value is -1.62. The number of rotatable bonds is 3. The van der Waals surface area contributed by atoms with Gasteiger partial charge in [0, 0.05) is 22.3 Å². The number of thiocarbonyl (C=S) groups is 1. The van der Waals surface area contributed by atoms with Crippen molar-refractivity contribution in [3.63, 3.8) is 0 Å². The Balaban J connectivity index is 1.92. The maximum absolute atomic E-state index is 12.0. The van der Waals surface area contributed by atoms with Gasteiger partial charge in [-0.3, -0.25) is 4.79 Å². The van der Waals surface area contributed by atoms with Crippen LogP contribution in [0.1, 0.15) is 5.56 Å². The van der Waals surface area contributed by atoms with Crippen molar-refractivity contribution in [3.05, 3.63) is 64.1 Å². The van der Waals surface area contributed by atoms with Gasteiger partial charge in [0.1, 0.15) is 0 Å². The minimum atomic E-state index is -0.403. The Bertz CT molecular complexity index is 642. The van der Waals surface area contributed by atoms with Crippen LogP contribution in [0.25, 0.3) is 0 Å². The summed E-state index contributed by atoms with van der Waals surface area (Å²) in [6.45, 7) is 0.489. The number of anilines is 1. The first-order chi connectivity index (χ1) is 10.0. The lowest BCUT2D eigenvalue weighted by Crippen LogP contribution is -2.33. The lowest BCUT2D eigenvalue weighted by Gasteiger charge is -2.09. The lowest BCUT2D eigenvalue weighted by atomic mass is 10.2. The van der Waals surface area contributed by atoms with Gasteiger partial charge in [0.15, 0.2) is 4.99 Å². The van der Waals surface area contributed by atoms with Crippen molar-refractivity contribution in [1.29, 1.82) is 0 Å². The number of hydrogen-bond donors (Lipinski definition) is 2. The largest absolute Gasteiger partial charge is 0.368 e. The number of nitrogens with one attached hydrogen (secondary N) is 2. The molecule has 0 fully saturated rings.